The van der Waals surface area contributed by atoms with Crippen LogP contribution < -0.4 is 15.1 Å². The van der Waals surface area contributed by atoms with Gasteiger partial charge < -0.3 is 10.2 Å². The Hall–Kier alpha value is -2.20. The van der Waals surface area contributed by atoms with Gasteiger partial charge in [0.1, 0.15) is 0 Å². The molecule has 1 atom stereocenters. The fourth-order valence-corrected chi connectivity index (χ4v) is 3.97. The molecular weight excluding hydrogens is 322 g/mol. The Bertz CT molecular complexity index is 792. The number of anilines is 3. The van der Waals surface area contributed by atoms with E-state index in [0.29, 0.717) is 23.3 Å². The molecule has 0 aliphatic carbocycles. The van der Waals surface area contributed by atoms with E-state index in [2.05, 4.69) is 16.3 Å². The fraction of sp³-hybridized carbons (Fsp3) is 0.316. The van der Waals surface area contributed by atoms with E-state index >= 15 is 0 Å². The molecule has 2 aliphatic rings. The van der Waals surface area contributed by atoms with Crippen molar-refractivity contribution in [1.29, 1.82) is 0 Å². The first-order valence-electron chi connectivity index (χ1n) is 8.34. The first kappa shape index (κ1) is 15.3. The summed E-state index contributed by atoms with van der Waals surface area (Å²) in [6.07, 6.45) is 2.31. The average molecular weight is 342 g/mol. The summed E-state index contributed by atoms with van der Waals surface area (Å²) in [6, 6.07) is 14.1. The zero-order valence-electron chi connectivity index (χ0n) is 13.6. The number of para-hydroxylation sites is 2. The number of fused-ring (bicyclic) bond motifs is 3. The number of nitrogens with one attached hydrogen (secondary N) is 1. The molecule has 1 N–H and O–H groups in total. The maximum atomic E-state index is 12.9. The summed E-state index contributed by atoms with van der Waals surface area (Å²) in [6.45, 7) is 3.76. The summed E-state index contributed by atoms with van der Waals surface area (Å²) in [7, 11) is 0. The summed E-state index contributed by atoms with van der Waals surface area (Å²) in [4.78, 5) is 17.2. The van der Waals surface area contributed by atoms with E-state index in [1.807, 2.05) is 48.2 Å². The monoisotopic (exact) mass is 341 g/mol. The van der Waals surface area contributed by atoms with Crippen LogP contribution in [0.5, 0.6) is 0 Å². The van der Waals surface area contributed by atoms with Crippen molar-refractivity contribution in [3.8, 4) is 0 Å². The van der Waals surface area contributed by atoms with Gasteiger partial charge in [-0.1, -0.05) is 29.8 Å². The van der Waals surface area contributed by atoms with Crippen LogP contribution in [0.4, 0.5) is 21.9 Å². The predicted octanol–water partition coefficient (Wildman–Crippen LogP) is 4.67. The summed E-state index contributed by atoms with van der Waals surface area (Å²) in [5, 5.41) is 3.53. The lowest BCUT2D eigenvalue weighted by Crippen LogP contribution is -2.49. The maximum absolute atomic E-state index is 12.9. The number of rotatable bonds is 1. The van der Waals surface area contributed by atoms with Crippen LogP contribution in [0.15, 0.2) is 42.5 Å². The minimum atomic E-state index is -0.125. The van der Waals surface area contributed by atoms with Gasteiger partial charge in [0.2, 0.25) is 0 Å². The van der Waals surface area contributed by atoms with E-state index in [0.717, 1.165) is 29.9 Å². The lowest BCUT2D eigenvalue weighted by atomic mass is 10.1. The van der Waals surface area contributed by atoms with Crippen molar-refractivity contribution in [2.24, 2.45) is 0 Å². The zero-order chi connectivity index (χ0) is 16.7. The second kappa shape index (κ2) is 6.02. The number of aryl methyl sites for hydroxylation is 1. The van der Waals surface area contributed by atoms with Crippen LogP contribution in [-0.4, -0.2) is 25.2 Å². The molecule has 2 amide bonds. The van der Waals surface area contributed by atoms with Gasteiger partial charge in [0.25, 0.3) is 0 Å². The number of benzene rings is 2. The SMILES string of the molecule is Cc1ccc(NC(=O)N2C[C@H]3CCCN3c3ccccc32)c(Cl)c1. The maximum Gasteiger partial charge on any atom is 0.326 e. The van der Waals surface area contributed by atoms with Crippen molar-refractivity contribution in [3.05, 3.63) is 53.1 Å². The van der Waals surface area contributed by atoms with Gasteiger partial charge in [-0.2, -0.15) is 0 Å². The number of carbonyl (C=O) groups is 1. The Kier molecular flexibility index (Phi) is 3.85. The molecule has 2 aromatic rings. The van der Waals surface area contributed by atoms with Gasteiger partial charge in [0, 0.05) is 19.1 Å². The minimum absolute atomic E-state index is 0.125. The zero-order valence-corrected chi connectivity index (χ0v) is 14.4. The molecule has 24 heavy (non-hydrogen) atoms. The van der Waals surface area contributed by atoms with E-state index in [1.54, 1.807) is 0 Å². The molecule has 2 heterocycles. The van der Waals surface area contributed by atoms with Crippen LogP contribution >= 0.6 is 11.6 Å². The topological polar surface area (TPSA) is 35.6 Å². The van der Waals surface area contributed by atoms with E-state index in [-0.39, 0.29) is 6.03 Å². The molecule has 2 aromatic carbocycles. The highest BCUT2D eigenvalue weighted by Crippen LogP contribution is 2.39. The van der Waals surface area contributed by atoms with Crippen LogP contribution in [0.25, 0.3) is 0 Å². The number of nitrogens with zero attached hydrogens (tertiary/aromatic N) is 2. The van der Waals surface area contributed by atoms with Crippen LogP contribution in [0.3, 0.4) is 0 Å². The van der Waals surface area contributed by atoms with Crippen molar-refractivity contribution in [3.63, 3.8) is 0 Å². The molecule has 0 saturated carbocycles. The third kappa shape index (κ3) is 2.61. The van der Waals surface area contributed by atoms with Crippen LogP contribution in [-0.2, 0) is 0 Å². The summed E-state index contributed by atoms with van der Waals surface area (Å²) >= 11 is 6.26. The summed E-state index contributed by atoms with van der Waals surface area (Å²) in [5.74, 6) is 0. The Morgan fingerprint density at radius 1 is 1.21 bits per heavy atom. The Labute approximate surface area is 147 Å². The van der Waals surface area contributed by atoms with Crippen molar-refractivity contribution in [2.75, 3.05) is 28.2 Å². The number of hydrogen-bond acceptors (Lipinski definition) is 2. The van der Waals surface area contributed by atoms with Crippen LogP contribution in [0.1, 0.15) is 18.4 Å². The highest BCUT2D eigenvalue weighted by molar-refractivity contribution is 6.34. The molecule has 5 heteroatoms. The molecule has 0 radical (unpaired) electrons. The van der Waals surface area contributed by atoms with Gasteiger partial charge in [0.15, 0.2) is 0 Å². The molecule has 4 rings (SSSR count). The van der Waals surface area contributed by atoms with Gasteiger partial charge in [-0.25, -0.2) is 4.79 Å². The van der Waals surface area contributed by atoms with Crippen molar-refractivity contribution >= 4 is 34.7 Å². The molecule has 4 nitrogen and oxygen atoms in total. The second-order valence-corrected chi connectivity index (χ2v) is 6.91. The average Bonchev–Trinajstić information content (AvgIpc) is 3.05. The number of carbonyl (C=O) groups excluding carboxylic acids is 1. The third-order valence-electron chi connectivity index (χ3n) is 4.86. The predicted molar refractivity (Wildman–Crippen MR) is 99.4 cm³/mol. The van der Waals surface area contributed by atoms with Gasteiger partial charge in [0.05, 0.1) is 22.1 Å². The quantitative estimate of drug-likeness (QED) is 0.818. The summed E-state index contributed by atoms with van der Waals surface area (Å²) < 4.78 is 0. The van der Waals surface area contributed by atoms with Gasteiger partial charge in [-0.3, -0.25) is 4.90 Å². The van der Waals surface area contributed by atoms with E-state index in [1.165, 1.54) is 6.42 Å². The third-order valence-corrected chi connectivity index (χ3v) is 5.18. The number of amides is 2. The molecule has 1 saturated heterocycles. The molecule has 1 fully saturated rings. The van der Waals surface area contributed by atoms with Gasteiger partial charge in [-0.05, 0) is 49.6 Å². The highest BCUT2D eigenvalue weighted by Gasteiger charge is 2.36. The molecule has 0 bridgehead atoms. The Balaban J connectivity index is 1.63. The lowest BCUT2D eigenvalue weighted by Gasteiger charge is -2.40. The Morgan fingerprint density at radius 3 is 2.79 bits per heavy atom. The smallest absolute Gasteiger partial charge is 0.326 e. The number of halogens is 1. The van der Waals surface area contributed by atoms with E-state index < -0.39 is 0 Å². The van der Waals surface area contributed by atoms with Crippen molar-refractivity contribution in [2.45, 2.75) is 25.8 Å². The largest absolute Gasteiger partial charge is 0.365 e. The van der Waals surface area contributed by atoms with Crippen molar-refractivity contribution < 1.29 is 4.79 Å². The molecule has 0 aromatic heterocycles. The normalized spacial score (nSPS) is 19.0. The first-order valence-corrected chi connectivity index (χ1v) is 8.71. The van der Waals surface area contributed by atoms with E-state index in [4.69, 9.17) is 11.6 Å². The van der Waals surface area contributed by atoms with Gasteiger partial charge in [-0.15, -0.1) is 0 Å². The van der Waals surface area contributed by atoms with E-state index in [9.17, 15) is 4.79 Å². The highest BCUT2D eigenvalue weighted by atomic mass is 35.5. The number of hydrogen-bond donors (Lipinski definition) is 1. The fourth-order valence-electron chi connectivity index (χ4n) is 3.68. The van der Waals surface area contributed by atoms with Gasteiger partial charge >= 0.3 is 6.03 Å². The summed E-state index contributed by atoms with van der Waals surface area (Å²) in [5.41, 5.74) is 3.84. The molecular formula is C19H20ClN3O. The first-order chi connectivity index (χ1) is 11.6. The van der Waals surface area contributed by atoms with Crippen LogP contribution in [0, 0.1) is 6.92 Å². The van der Waals surface area contributed by atoms with Crippen molar-refractivity contribution in [1.82, 2.24) is 0 Å². The minimum Gasteiger partial charge on any atom is -0.365 e. The molecule has 2 aliphatic heterocycles. The second-order valence-electron chi connectivity index (χ2n) is 6.50. The molecule has 0 spiro atoms. The standard InChI is InChI=1S/C19H20ClN3O/c1-13-8-9-16(15(20)11-13)21-19(24)23-12-14-5-4-10-22(14)17-6-2-3-7-18(17)23/h2-3,6-9,11,14H,4-5,10,12H2,1H3,(H,21,24)/t14-/m1/s1. The van der Waals surface area contributed by atoms with Crippen LogP contribution in [0.2, 0.25) is 5.02 Å². The molecule has 0 unspecified atom stereocenters. The number of urea groups is 1. The molecule has 124 valence electrons. The Morgan fingerprint density at radius 2 is 2.00 bits per heavy atom. The lowest BCUT2D eigenvalue weighted by molar-refractivity contribution is 0.256.